The van der Waals surface area contributed by atoms with E-state index in [2.05, 4.69) is 10.5 Å². The molecule has 0 aliphatic carbocycles. The van der Waals surface area contributed by atoms with Gasteiger partial charge in [0.25, 0.3) is 5.91 Å². The number of ether oxygens (including phenoxy) is 2. The van der Waals surface area contributed by atoms with Crippen LogP contribution in [-0.4, -0.2) is 23.8 Å². The summed E-state index contributed by atoms with van der Waals surface area (Å²) in [6, 6.07) is 11.7. The third-order valence-electron chi connectivity index (χ3n) is 4.00. The fraction of sp³-hybridized carbons (Fsp3) is 0.158. The summed E-state index contributed by atoms with van der Waals surface area (Å²) in [4.78, 5) is 12.3. The zero-order valence-electron chi connectivity index (χ0n) is 13.9. The van der Waals surface area contributed by atoms with Gasteiger partial charge in [-0.1, -0.05) is 17.3 Å². The summed E-state index contributed by atoms with van der Waals surface area (Å²) in [5.41, 5.74) is 0.473. The van der Waals surface area contributed by atoms with Gasteiger partial charge >= 0.3 is 0 Å². The Kier molecular flexibility index (Phi) is 4.45. The number of nitrogens with one attached hydrogen (secondary N) is 1. The van der Waals surface area contributed by atoms with E-state index in [1.54, 1.807) is 18.2 Å². The maximum absolute atomic E-state index is 13.8. The maximum atomic E-state index is 13.8. The van der Waals surface area contributed by atoms with Crippen molar-refractivity contribution in [3.05, 3.63) is 65.9 Å². The van der Waals surface area contributed by atoms with E-state index < -0.39 is 17.7 Å². The summed E-state index contributed by atoms with van der Waals surface area (Å²) < 4.78 is 43.0. The molecule has 27 heavy (non-hydrogen) atoms. The second-order valence-corrected chi connectivity index (χ2v) is 5.89. The Labute approximate surface area is 152 Å². The molecule has 138 valence electrons. The lowest BCUT2D eigenvalue weighted by Gasteiger charge is -2.25. The van der Waals surface area contributed by atoms with E-state index in [0.717, 1.165) is 12.1 Å². The third kappa shape index (κ3) is 3.59. The second kappa shape index (κ2) is 7.06. The van der Waals surface area contributed by atoms with Crippen LogP contribution in [0.15, 0.2) is 53.1 Å². The summed E-state index contributed by atoms with van der Waals surface area (Å²) in [6.07, 6.45) is -0.791. The number of amides is 1. The standard InChI is InChI=1S/C19H14F2N2O4/c20-11-5-6-13(14(21)7-11)17-8-12(23-27-17)9-22-19(24)18-10-25-15-3-1-2-4-16(15)26-18/h1-8,18H,9-10H2,(H,22,24). The fourth-order valence-corrected chi connectivity index (χ4v) is 2.65. The van der Waals surface area contributed by atoms with Crippen LogP contribution in [0.1, 0.15) is 5.69 Å². The highest BCUT2D eigenvalue weighted by Gasteiger charge is 2.27. The van der Waals surface area contributed by atoms with Gasteiger partial charge in [-0.25, -0.2) is 8.78 Å². The smallest absolute Gasteiger partial charge is 0.265 e. The monoisotopic (exact) mass is 372 g/mol. The van der Waals surface area contributed by atoms with E-state index in [4.69, 9.17) is 14.0 Å². The highest BCUT2D eigenvalue weighted by atomic mass is 19.1. The maximum Gasteiger partial charge on any atom is 0.265 e. The molecule has 1 aliphatic heterocycles. The molecule has 3 aromatic rings. The molecule has 0 bridgehead atoms. The summed E-state index contributed by atoms with van der Waals surface area (Å²) in [7, 11) is 0. The molecule has 1 aromatic heterocycles. The number of carbonyl (C=O) groups excluding carboxylic acids is 1. The average molecular weight is 372 g/mol. The van der Waals surface area contributed by atoms with Crippen molar-refractivity contribution in [3.8, 4) is 22.8 Å². The number of hydrogen-bond donors (Lipinski definition) is 1. The Balaban J connectivity index is 1.38. The molecule has 2 heterocycles. The first-order chi connectivity index (χ1) is 13.1. The predicted octanol–water partition coefficient (Wildman–Crippen LogP) is 3.08. The zero-order valence-corrected chi connectivity index (χ0v) is 13.9. The third-order valence-corrected chi connectivity index (χ3v) is 4.00. The molecular weight excluding hydrogens is 358 g/mol. The lowest BCUT2D eigenvalue weighted by Crippen LogP contribution is -2.43. The summed E-state index contributed by atoms with van der Waals surface area (Å²) in [6.45, 7) is 0.153. The topological polar surface area (TPSA) is 73.6 Å². The second-order valence-electron chi connectivity index (χ2n) is 5.89. The van der Waals surface area contributed by atoms with Crippen molar-refractivity contribution in [2.45, 2.75) is 12.6 Å². The van der Waals surface area contributed by atoms with Gasteiger partial charge in [-0.2, -0.15) is 0 Å². The zero-order chi connectivity index (χ0) is 18.8. The Bertz CT molecular complexity index is 989. The number of halogens is 2. The first-order valence-electron chi connectivity index (χ1n) is 8.17. The van der Waals surface area contributed by atoms with Crippen LogP contribution >= 0.6 is 0 Å². The lowest BCUT2D eigenvalue weighted by atomic mass is 10.1. The molecular formula is C19H14F2N2O4. The largest absolute Gasteiger partial charge is 0.485 e. The van der Waals surface area contributed by atoms with E-state index >= 15 is 0 Å². The van der Waals surface area contributed by atoms with Gasteiger partial charge in [0.15, 0.2) is 17.3 Å². The Morgan fingerprint density at radius 3 is 2.78 bits per heavy atom. The van der Waals surface area contributed by atoms with Gasteiger partial charge in [-0.3, -0.25) is 4.79 Å². The van der Waals surface area contributed by atoms with Crippen LogP contribution in [-0.2, 0) is 11.3 Å². The molecule has 2 aromatic carbocycles. The number of carbonyl (C=O) groups is 1. The predicted molar refractivity (Wildman–Crippen MR) is 90.1 cm³/mol. The SMILES string of the molecule is O=C(NCc1cc(-c2ccc(F)cc2F)on1)C1COc2ccccc2O1. The van der Waals surface area contributed by atoms with Crippen LogP contribution < -0.4 is 14.8 Å². The first-order valence-corrected chi connectivity index (χ1v) is 8.17. The molecule has 0 saturated heterocycles. The molecule has 1 aliphatic rings. The Morgan fingerprint density at radius 2 is 1.96 bits per heavy atom. The molecule has 4 rings (SSSR count). The molecule has 1 amide bonds. The molecule has 1 atom stereocenters. The normalized spacial score (nSPS) is 15.4. The van der Waals surface area contributed by atoms with Crippen LogP contribution in [0.3, 0.4) is 0 Å². The summed E-state index contributed by atoms with van der Waals surface area (Å²) in [5, 5.41) is 6.45. The number of rotatable bonds is 4. The van der Waals surface area contributed by atoms with Crippen molar-refractivity contribution in [1.82, 2.24) is 10.5 Å². The highest BCUT2D eigenvalue weighted by Crippen LogP contribution is 2.31. The number of fused-ring (bicyclic) bond motifs is 1. The lowest BCUT2D eigenvalue weighted by molar-refractivity contribution is -0.130. The van der Waals surface area contributed by atoms with Crippen LogP contribution in [0.25, 0.3) is 11.3 Å². The first kappa shape index (κ1) is 17.0. The van der Waals surface area contributed by atoms with Gasteiger partial charge < -0.3 is 19.3 Å². The minimum Gasteiger partial charge on any atom is -0.485 e. The van der Waals surface area contributed by atoms with Crippen LogP contribution in [0.4, 0.5) is 8.78 Å². The highest BCUT2D eigenvalue weighted by molar-refractivity contribution is 5.81. The summed E-state index contributed by atoms with van der Waals surface area (Å²) in [5.74, 6) is -0.582. The molecule has 8 heteroatoms. The number of hydrogen-bond acceptors (Lipinski definition) is 5. The molecule has 1 N–H and O–H groups in total. The van der Waals surface area contributed by atoms with Crippen LogP contribution in [0.5, 0.6) is 11.5 Å². The quantitative estimate of drug-likeness (QED) is 0.762. The van der Waals surface area contributed by atoms with Crippen LogP contribution in [0, 0.1) is 11.6 Å². The minimum atomic E-state index is -0.791. The van der Waals surface area contributed by atoms with E-state index in [-0.39, 0.29) is 30.4 Å². The van der Waals surface area contributed by atoms with Gasteiger partial charge in [0.05, 0.1) is 12.1 Å². The van der Waals surface area contributed by atoms with Crippen molar-refractivity contribution in [2.24, 2.45) is 0 Å². The van der Waals surface area contributed by atoms with Crippen molar-refractivity contribution in [1.29, 1.82) is 0 Å². The number of benzene rings is 2. The van der Waals surface area contributed by atoms with E-state index in [1.807, 2.05) is 6.07 Å². The Morgan fingerprint density at radius 1 is 1.15 bits per heavy atom. The Hall–Kier alpha value is -3.42. The van der Waals surface area contributed by atoms with Crippen molar-refractivity contribution >= 4 is 5.91 Å². The van der Waals surface area contributed by atoms with Gasteiger partial charge in [-0.05, 0) is 24.3 Å². The van der Waals surface area contributed by atoms with E-state index in [0.29, 0.717) is 17.2 Å². The molecule has 0 fully saturated rings. The van der Waals surface area contributed by atoms with Gasteiger partial charge in [0, 0.05) is 12.1 Å². The summed E-state index contributed by atoms with van der Waals surface area (Å²) >= 11 is 0. The van der Waals surface area contributed by atoms with Crippen molar-refractivity contribution < 1.29 is 27.6 Å². The molecule has 1 unspecified atom stereocenters. The molecule has 6 nitrogen and oxygen atoms in total. The van der Waals surface area contributed by atoms with E-state index in [1.165, 1.54) is 12.1 Å². The van der Waals surface area contributed by atoms with Crippen LogP contribution in [0.2, 0.25) is 0 Å². The molecule has 0 saturated carbocycles. The number of aromatic nitrogens is 1. The number of para-hydroxylation sites is 2. The number of nitrogens with zero attached hydrogens (tertiary/aromatic N) is 1. The fourth-order valence-electron chi connectivity index (χ4n) is 2.65. The van der Waals surface area contributed by atoms with Crippen molar-refractivity contribution in [3.63, 3.8) is 0 Å². The minimum absolute atomic E-state index is 0.0622. The van der Waals surface area contributed by atoms with Gasteiger partial charge in [0.1, 0.15) is 23.9 Å². The average Bonchev–Trinajstić information content (AvgIpc) is 3.14. The van der Waals surface area contributed by atoms with Crippen molar-refractivity contribution in [2.75, 3.05) is 6.61 Å². The molecule has 0 spiro atoms. The molecule has 0 radical (unpaired) electrons. The van der Waals surface area contributed by atoms with E-state index in [9.17, 15) is 13.6 Å². The van der Waals surface area contributed by atoms with Gasteiger partial charge in [-0.15, -0.1) is 0 Å². The van der Waals surface area contributed by atoms with Gasteiger partial charge in [0.2, 0.25) is 6.10 Å².